The molecule has 1 aliphatic rings. The number of likely N-dealkylation sites (N-methyl/N-ethyl adjacent to an activating group) is 1. The Labute approximate surface area is 136 Å². The molecule has 0 spiro atoms. The number of hydrogen-bond donors (Lipinski definition) is 1. The molecule has 0 atom stereocenters. The lowest BCUT2D eigenvalue weighted by atomic mass is 10.1. The minimum Gasteiger partial charge on any atom is -0.493 e. The number of hydrogen-bond acceptors (Lipinski definition) is 4. The van der Waals surface area contributed by atoms with Gasteiger partial charge in [0.1, 0.15) is 11.6 Å². The van der Waals surface area contributed by atoms with E-state index in [9.17, 15) is 4.79 Å². The first-order chi connectivity index (χ1) is 11.1. The lowest BCUT2D eigenvalue weighted by molar-refractivity contribution is -0.117. The molecule has 120 valence electrons. The van der Waals surface area contributed by atoms with Crippen LogP contribution >= 0.6 is 0 Å². The number of nitrogens with zero attached hydrogens (tertiary/aromatic N) is 2. The quantitative estimate of drug-likeness (QED) is 0.921. The Kier molecular flexibility index (Phi) is 4.57. The van der Waals surface area contributed by atoms with Crippen LogP contribution in [0.3, 0.4) is 0 Å². The monoisotopic (exact) mass is 311 g/mol. The van der Waals surface area contributed by atoms with Crippen LogP contribution in [0.1, 0.15) is 16.7 Å². The molecule has 0 bridgehead atoms. The summed E-state index contributed by atoms with van der Waals surface area (Å²) < 4.78 is 5.71. The lowest BCUT2D eigenvalue weighted by Crippen LogP contribution is -2.30. The standard InChI is InChI=1S/C18H21N3O2/c1-13-6-8-19-16(10-13)20-17(22)12-21(2)11-15-5-3-4-14-7-9-23-18(14)15/h3-6,8,10H,7,9,11-12H2,1-2H3,(H,19,20,22). The molecule has 0 aliphatic carbocycles. The van der Waals surface area contributed by atoms with E-state index in [1.165, 1.54) is 5.56 Å². The van der Waals surface area contributed by atoms with Crippen molar-refractivity contribution in [1.29, 1.82) is 0 Å². The van der Waals surface area contributed by atoms with E-state index in [-0.39, 0.29) is 5.91 Å². The number of pyridine rings is 1. The molecule has 2 heterocycles. The normalized spacial score (nSPS) is 12.8. The molecule has 0 saturated heterocycles. The number of carbonyl (C=O) groups excluding carboxylic acids is 1. The predicted octanol–water partition coefficient (Wildman–Crippen LogP) is 2.40. The summed E-state index contributed by atoms with van der Waals surface area (Å²) in [6.45, 7) is 3.70. The Morgan fingerprint density at radius 3 is 3.09 bits per heavy atom. The maximum absolute atomic E-state index is 12.1. The third-order valence-corrected chi connectivity index (χ3v) is 3.83. The van der Waals surface area contributed by atoms with Crippen molar-refractivity contribution in [3.05, 3.63) is 53.2 Å². The van der Waals surface area contributed by atoms with Crippen molar-refractivity contribution in [1.82, 2.24) is 9.88 Å². The fourth-order valence-electron chi connectivity index (χ4n) is 2.79. The molecule has 3 rings (SSSR count). The minimum atomic E-state index is -0.0703. The highest BCUT2D eigenvalue weighted by molar-refractivity contribution is 5.91. The molecule has 1 aromatic heterocycles. The first kappa shape index (κ1) is 15.5. The Morgan fingerprint density at radius 2 is 2.26 bits per heavy atom. The van der Waals surface area contributed by atoms with E-state index in [1.807, 2.05) is 37.1 Å². The molecule has 23 heavy (non-hydrogen) atoms. The van der Waals surface area contributed by atoms with Crippen molar-refractivity contribution in [2.24, 2.45) is 0 Å². The topological polar surface area (TPSA) is 54.5 Å². The van der Waals surface area contributed by atoms with Gasteiger partial charge in [-0.25, -0.2) is 4.98 Å². The summed E-state index contributed by atoms with van der Waals surface area (Å²) in [6.07, 6.45) is 2.66. The maximum atomic E-state index is 12.1. The molecule has 1 aromatic carbocycles. The van der Waals surface area contributed by atoms with E-state index in [0.29, 0.717) is 18.9 Å². The SMILES string of the molecule is Cc1ccnc(NC(=O)CN(C)Cc2cccc3c2OCC3)c1. The van der Waals surface area contributed by atoms with Crippen LogP contribution < -0.4 is 10.1 Å². The van der Waals surface area contributed by atoms with Crippen molar-refractivity contribution in [3.63, 3.8) is 0 Å². The van der Waals surface area contributed by atoms with Gasteiger partial charge in [0.05, 0.1) is 13.2 Å². The molecule has 5 heteroatoms. The first-order valence-electron chi connectivity index (χ1n) is 7.76. The first-order valence-corrected chi connectivity index (χ1v) is 7.76. The summed E-state index contributed by atoms with van der Waals surface area (Å²) >= 11 is 0. The third-order valence-electron chi connectivity index (χ3n) is 3.83. The van der Waals surface area contributed by atoms with Gasteiger partial charge in [-0.1, -0.05) is 18.2 Å². The van der Waals surface area contributed by atoms with Crippen LogP contribution in [0.25, 0.3) is 0 Å². The average Bonchev–Trinajstić information content (AvgIpc) is 2.96. The van der Waals surface area contributed by atoms with Gasteiger partial charge in [-0.2, -0.15) is 0 Å². The van der Waals surface area contributed by atoms with Crippen molar-refractivity contribution in [2.45, 2.75) is 19.9 Å². The molecule has 0 unspecified atom stereocenters. The number of aromatic nitrogens is 1. The summed E-state index contributed by atoms with van der Waals surface area (Å²) in [5, 5.41) is 2.83. The van der Waals surface area contributed by atoms with Gasteiger partial charge >= 0.3 is 0 Å². The van der Waals surface area contributed by atoms with E-state index >= 15 is 0 Å². The van der Waals surface area contributed by atoms with E-state index < -0.39 is 0 Å². The van der Waals surface area contributed by atoms with Crippen LogP contribution in [0.15, 0.2) is 36.5 Å². The molecule has 2 aromatic rings. The molecule has 0 fully saturated rings. The Bertz CT molecular complexity index is 715. The number of para-hydroxylation sites is 1. The Balaban J connectivity index is 1.58. The molecular weight excluding hydrogens is 290 g/mol. The Morgan fingerprint density at radius 1 is 1.39 bits per heavy atom. The zero-order valence-electron chi connectivity index (χ0n) is 13.5. The van der Waals surface area contributed by atoms with Crippen molar-refractivity contribution in [3.8, 4) is 5.75 Å². The fourth-order valence-corrected chi connectivity index (χ4v) is 2.79. The number of amides is 1. The number of ether oxygens (including phenoxy) is 1. The van der Waals surface area contributed by atoms with Gasteiger partial charge in [-0.05, 0) is 37.2 Å². The highest BCUT2D eigenvalue weighted by atomic mass is 16.5. The van der Waals surface area contributed by atoms with Gasteiger partial charge in [0.2, 0.25) is 5.91 Å². The summed E-state index contributed by atoms with van der Waals surface area (Å²) in [4.78, 5) is 18.3. The summed E-state index contributed by atoms with van der Waals surface area (Å²) in [5.41, 5.74) is 3.45. The van der Waals surface area contributed by atoms with Gasteiger partial charge in [-0.3, -0.25) is 9.69 Å². The van der Waals surface area contributed by atoms with Crippen molar-refractivity contribution in [2.75, 3.05) is 25.5 Å². The van der Waals surface area contributed by atoms with Gasteiger partial charge in [0.25, 0.3) is 0 Å². The second-order valence-electron chi connectivity index (χ2n) is 5.94. The van der Waals surface area contributed by atoms with Crippen LogP contribution in [-0.2, 0) is 17.8 Å². The number of benzene rings is 1. The average molecular weight is 311 g/mol. The maximum Gasteiger partial charge on any atom is 0.239 e. The molecule has 1 N–H and O–H groups in total. The van der Waals surface area contributed by atoms with Gasteiger partial charge in [0.15, 0.2) is 0 Å². The van der Waals surface area contributed by atoms with E-state index in [2.05, 4.69) is 22.4 Å². The van der Waals surface area contributed by atoms with Crippen LogP contribution in [-0.4, -0.2) is 36.0 Å². The molecule has 0 radical (unpaired) electrons. The zero-order valence-corrected chi connectivity index (χ0v) is 13.5. The largest absolute Gasteiger partial charge is 0.493 e. The van der Waals surface area contributed by atoms with Crippen molar-refractivity contribution < 1.29 is 9.53 Å². The van der Waals surface area contributed by atoms with E-state index in [0.717, 1.165) is 29.9 Å². The number of nitrogens with one attached hydrogen (secondary N) is 1. The summed E-state index contributed by atoms with van der Waals surface area (Å²) in [6, 6.07) is 9.96. The third kappa shape index (κ3) is 3.87. The Hall–Kier alpha value is -2.40. The second kappa shape index (κ2) is 6.79. The molecule has 1 amide bonds. The van der Waals surface area contributed by atoms with Gasteiger partial charge in [0, 0.05) is 24.7 Å². The predicted molar refractivity (Wildman–Crippen MR) is 89.6 cm³/mol. The van der Waals surface area contributed by atoms with Crippen LogP contribution in [0.5, 0.6) is 5.75 Å². The van der Waals surface area contributed by atoms with E-state index in [1.54, 1.807) is 6.20 Å². The smallest absolute Gasteiger partial charge is 0.239 e. The van der Waals surface area contributed by atoms with Crippen LogP contribution in [0, 0.1) is 6.92 Å². The lowest BCUT2D eigenvalue weighted by Gasteiger charge is -2.18. The van der Waals surface area contributed by atoms with Crippen LogP contribution in [0.4, 0.5) is 5.82 Å². The highest BCUT2D eigenvalue weighted by Crippen LogP contribution is 2.29. The van der Waals surface area contributed by atoms with Crippen LogP contribution in [0.2, 0.25) is 0 Å². The number of anilines is 1. The second-order valence-corrected chi connectivity index (χ2v) is 5.94. The zero-order chi connectivity index (χ0) is 16.2. The number of aryl methyl sites for hydroxylation is 1. The molecule has 5 nitrogen and oxygen atoms in total. The molecular formula is C18H21N3O2. The minimum absolute atomic E-state index is 0.0703. The van der Waals surface area contributed by atoms with Crippen molar-refractivity contribution >= 4 is 11.7 Å². The summed E-state index contributed by atoms with van der Waals surface area (Å²) in [5.74, 6) is 1.51. The van der Waals surface area contributed by atoms with Gasteiger partial charge < -0.3 is 10.1 Å². The van der Waals surface area contributed by atoms with Gasteiger partial charge in [-0.15, -0.1) is 0 Å². The van der Waals surface area contributed by atoms with E-state index in [4.69, 9.17) is 4.74 Å². The number of carbonyl (C=O) groups is 1. The number of fused-ring (bicyclic) bond motifs is 1. The fraction of sp³-hybridized carbons (Fsp3) is 0.333. The summed E-state index contributed by atoms with van der Waals surface area (Å²) in [7, 11) is 1.93. The molecule has 0 saturated carbocycles. The number of rotatable bonds is 5. The highest BCUT2D eigenvalue weighted by Gasteiger charge is 2.17. The molecule has 1 aliphatic heterocycles.